The van der Waals surface area contributed by atoms with Crippen molar-refractivity contribution in [2.75, 3.05) is 11.9 Å². The van der Waals surface area contributed by atoms with Crippen molar-refractivity contribution in [3.63, 3.8) is 0 Å². The molecule has 2 aromatic rings. The van der Waals surface area contributed by atoms with Gasteiger partial charge in [0.1, 0.15) is 6.04 Å². The van der Waals surface area contributed by atoms with Crippen molar-refractivity contribution in [2.45, 2.75) is 71.4 Å². The number of para-hydroxylation sites is 1. The van der Waals surface area contributed by atoms with E-state index in [0.717, 1.165) is 35.2 Å². The van der Waals surface area contributed by atoms with E-state index in [1.807, 2.05) is 30.3 Å². The second kappa shape index (κ2) is 10.5. The first kappa shape index (κ1) is 22.9. The van der Waals surface area contributed by atoms with Crippen LogP contribution < -0.4 is 10.6 Å². The number of nitrogens with one attached hydrogen (secondary N) is 2. The van der Waals surface area contributed by atoms with E-state index in [9.17, 15) is 9.59 Å². The molecule has 1 atom stereocenters. The van der Waals surface area contributed by atoms with Crippen molar-refractivity contribution < 1.29 is 9.59 Å². The predicted molar refractivity (Wildman–Crippen MR) is 126 cm³/mol. The number of anilines is 1. The molecule has 31 heavy (non-hydrogen) atoms. The normalized spacial score (nSPS) is 16.7. The number of nitrogens with zero attached hydrogens (tertiary/aromatic N) is 1. The van der Waals surface area contributed by atoms with Crippen LogP contribution in [0.2, 0.25) is 0 Å². The van der Waals surface area contributed by atoms with Gasteiger partial charge in [-0.2, -0.15) is 0 Å². The largest absolute Gasteiger partial charge is 0.354 e. The molecule has 0 aromatic heterocycles. The molecule has 5 nitrogen and oxygen atoms in total. The summed E-state index contributed by atoms with van der Waals surface area (Å²) in [4.78, 5) is 28.2. The van der Waals surface area contributed by atoms with Crippen LogP contribution in [0.25, 0.3) is 0 Å². The van der Waals surface area contributed by atoms with Crippen LogP contribution >= 0.6 is 0 Å². The van der Waals surface area contributed by atoms with E-state index >= 15 is 0 Å². The first-order valence-corrected chi connectivity index (χ1v) is 11.4. The van der Waals surface area contributed by atoms with Crippen LogP contribution in [0.1, 0.15) is 75.5 Å². The highest BCUT2D eigenvalue weighted by molar-refractivity contribution is 5.95. The zero-order valence-electron chi connectivity index (χ0n) is 19.2. The SMILES string of the molecule is CC(C)c1cccc(C(C)C)c1NC(=O)N(Cc1ccccc1)C1CCCCNC1=O. The number of hydrogen-bond acceptors (Lipinski definition) is 2. The van der Waals surface area contributed by atoms with Crippen molar-refractivity contribution in [2.24, 2.45) is 0 Å². The van der Waals surface area contributed by atoms with E-state index in [-0.39, 0.29) is 23.8 Å². The minimum Gasteiger partial charge on any atom is -0.354 e. The molecular formula is C26H35N3O2. The smallest absolute Gasteiger partial charge is 0.322 e. The molecule has 0 spiro atoms. The molecule has 3 amide bonds. The lowest BCUT2D eigenvalue weighted by Crippen LogP contribution is -2.49. The number of amides is 3. The Morgan fingerprint density at radius 2 is 1.65 bits per heavy atom. The second-order valence-corrected chi connectivity index (χ2v) is 8.97. The van der Waals surface area contributed by atoms with Crippen LogP contribution in [0, 0.1) is 0 Å². The summed E-state index contributed by atoms with van der Waals surface area (Å²) in [7, 11) is 0. The number of carbonyl (C=O) groups excluding carboxylic acids is 2. The first-order valence-electron chi connectivity index (χ1n) is 11.4. The minimum absolute atomic E-state index is 0.0650. The van der Waals surface area contributed by atoms with Crippen LogP contribution in [0.4, 0.5) is 10.5 Å². The van der Waals surface area contributed by atoms with Gasteiger partial charge in [-0.25, -0.2) is 4.79 Å². The average Bonchev–Trinajstić information content (AvgIpc) is 2.96. The van der Waals surface area contributed by atoms with Crippen LogP contribution in [-0.4, -0.2) is 29.4 Å². The van der Waals surface area contributed by atoms with Crippen LogP contribution in [0.5, 0.6) is 0 Å². The van der Waals surface area contributed by atoms with Gasteiger partial charge < -0.3 is 15.5 Å². The highest BCUT2D eigenvalue weighted by atomic mass is 16.2. The van der Waals surface area contributed by atoms with Gasteiger partial charge in [-0.15, -0.1) is 0 Å². The molecule has 1 fully saturated rings. The van der Waals surface area contributed by atoms with Crippen molar-refractivity contribution >= 4 is 17.6 Å². The van der Waals surface area contributed by atoms with Gasteiger partial charge in [0.15, 0.2) is 0 Å². The Labute approximate surface area is 186 Å². The Balaban J connectivity index is 1.96. The molecule has 0 aliphatic carbocycles. The Kier molecular flexibility index (Phi) is 7.72. The third-order valence-electron chi connectivity index (χ3n) is 5.94. The third-order valence-corrected chi connectivity index (χ3v) is 5.94. The number of benzene rings is 2. The Morgan fingerprint density at radius 3 is 2.26 bits per heavy atom. The average molecular weight is 422 g/mol. The van der Waals surface area contributed by atoms with E-state index in [4.69, 9.17) is 0 Å². The summed E-state index contributed by atoms with van der Waals surface area (Å²) < 4.78 is 0. The monoisotopic (exact) mass is 421 g/mol. The summed E-state index contributed by atoms with van der Waals surface area (Å²) in [5.41, 5.74) is 4.12. The molecule has 0 saturated carbocycles. The lowest BCUT2D eigenvalue weighted by Gasteiger charge is -2.31. The molecule has 1 heterocycles. The number of hydrogen-bond donors (Lipinski definition) is 2. The highest BCUT2D eigenvalue weighted by Crippen LogP contribution is 2.33. The molecule has 166 valence electrons. The van der Waals surface area contributed by atoms with E-state index in [1.54, 1.807) is 4.90 Å². The fourth-order valence-electron chi connectivity index (χ4n) is 4.20. The summed E-state index contributed by atoms with van der Waals surface area (Å²) in [5, 5.41) is 6.19. The molecule has 0 radical (unpaired) electrons. The molecule has 2 N–H and O–H groups in total. The molecule has 0 bridgehead atoms. The van der Waals surface area contributed by atoms with E-state index in [2.05, 4.69) is 56.5 Å². The molecule has 1 aliphatic heterocycles. The lowest BCUT2D eigenvalue weighted by atomic mass is 9.92. The summed E-state index contributed by atoms with van der Waals surface area (Å²) in [5.74, 6) is 0.486. The molecule has 5 heteroatoms. The highest BCUT2D eigenvalue weighted by Gasteiger charge is 2.31. The quantitative estimate of drug-likeness (QED) is 0.634. The van der Waals surface area contributed by atoms with E-state index < -0.39 is 6.04 Å². The van der Waals surface area contributed by atoms with Gasteiger partial charge in [0, 0.05) is 18.8 Å². The maximum absolute atomic E-state index is 13.7. The van der Waals surface area contributed by atoms with Crippen molar-refractivity contribution in [3.8, 4) is 0 Å². The summed E-state index contributed by atoms with van der Waals surface area (Å²) in [6.07, 6.45) is 2.54. The molecule has 3 rings (SSSR count). The summed E-state index contributed by atoms with van der Waals surface area (Å²) >= 11 is 0. The summed E-state index contributed by atoms with van der Waals surface area (Å²) in [6.45, 7) is 9.60. The topological polar surface area (TPSA) is 61.4 Å². The number of carbonyl (C=O) groups is 2. The number of rotatable bonds is 6. The molecule has 1 saturated heterocycles. The lowest BCUT2D eigenvalue weighted by molar-refractivity contribution is -0.125. The fourth-order valence-corrected chi connectivity index (χ4v) is 4.20. The van der Waals surface area contributed by atoms with E-state index in [0.29, 0.717) is 19.5 Å². The molecular weight excluding hydrogens is 386 g/mol. The van der Waals surface area contributed by atoms with Crippen LogP contribution in [-0.2, 0) is 11.3 Å². The fraction of sp³-hybridized carbons (Fsp3) is 0.462. The second-order valence-electron chi connectivity index (χ2n) is 8.97. The minimum atomic E-state index is -0.476. The Hall–Kier alpha value is -2.82. The van der Waals surface area contributed by atoms with Gasteiger partial charge >= 0.3 is 6.03 Å². The zero-order valence-corrected chi connectivity index (χ0v) is 19.2. The van der Waals surface area contributed by atoms with Crippen molar-refractivity contribution in [1.82, 2.24) is 10.2 Å². The zero-order chi connectivity index (χ0) is 22.4. The molecule has 1 unspecified atom stereocenters. The van der Waals surface area contributed by atoms with Gasteiger partial charge in [0.05, 0.1) is 0 Å². The standard InChI is InChI=1S/C26H35N3O2/c1-18(2)21-13-10-14-22(19(3)4)24(21)28-26(31)29(17-20-11-6-5-7-12-20)23-15-8-9-16-27-25(23)30/h5-7,10-14,18-19,23H,8-9,15-17H2,1-4H3,(H,27,30)(H,28,31). The molecule has 1 aliphatic rings. The van der Waals surface area contributed by atoms with Crippen molar-refractivity contribution in [1.29, 1.82) is 0 Å². The maximum Gasteiger partial charge on any atom is 0.322 e. The Morgan fingerprint density at radius 1 is 1.00 bits per heavy atom. The van der Waals surface area contributed by atoms with Gasteiger partial charge in [0.2, 0.25) is 5.91 Å². The van der Waals surface area contributed by atoms with Gasteiger partial charge in [-0.1, -0.05) is 76.2 Å². The summed E-state index contributed by atoms with van der Waals surface area (Å²) in [6, 6.07) is 15.4. The van der Waals surface area contributed by atoms with E-state index in [1.165, 1.54) is 0 Å². The first-order chi connectivity index (χ1) is 14.9. The third kappa shape index (κ3) is 5.66. The molecule has 2 aromatic carbocycles. The number of urea groups is 1. The van der Waals surface area contributed by atoms with Crippen LogP contribution in [0.3, 0.4) is 0 Å². The van der Waals surface area contributed by atoms with Crippen molar-refractivity contribution in [3.05, 3.63) is 65.2 Å². The predicted octanol–water partition coefficient (Wildman–Crippen LogP) is 5.64. The Bertz CT molecular complexity index is 867. The van der Waals surface area contributed by atoms with Gasteiger partial charge in [0.25, 0.3) is 0 Å². The van der Waals surface area contributed by atoms with Gasteiger partial charge in [-0.05, 0) is 47.8 Å². The maximum atomic E-state index is 13.7. The van der Waals surface area contributed by atoms with Gasteiger partial charge in [-0.3, -0.25) is 4.79 Å². The van der Waals surface area contributed by atoms with Crippen LogP contribution in [0.15, 0.2) is 48.5 Å².